The normalized spacial score (nSPS) is 15.8. The number of rotatable bonds is 8. The Kier molecular flexibility index (Phi) is 7.36. The van der Waals surface area contributed by atoms with Crippen molar-refractivity contribution in [3.63, 3.8) is 0 Å². The lowest BCUT2D eigenvalue weighted by Gasteiger charge is -2.19. The van der Waals surface area contributed by atoms with Gasteiger partial charge in [0.15, 0.2) is 18.1 Å². The molecule has 1 saturated heterocycles. The van der Waals surface area contributed by atoms with Crippen LogP contribution in [0.1, 0.15) is 25.8 Å². The standard InChI is InChI=1S/C23H24N2O5S/c1-4-15(2)25-22(27)19(31-23(25)28)13-16-9-8-12-18(29-3)21(16)30-14-20(26)24-17-10-6-5-7-11-17/h5-13,15H,4,14H2,1-3H3,(H,24,26)/b19-13+/t15-/m1/s1. The van der Waals surface area contributed by atoms with Crippen LogP contribution in [0.2, 0.25) is 0 Å². The van der Waals surface area contributed by atoms with Gasteiger partial charge in [-0.15, -0.1) is 0 Å². The molecule has 1 atom stereocenters. The van der Waals surface area contributed by atoms with E-state index in [1.807, 2.05) is 32.0 Å². The van der Waals surface area contributed by atoms with E-state index in [1.54, 1.807) is 36.4 Å². The predicted molar refractivity (Wildman–Crippen MR) is 121 cm³/mol. The second-order valence-electron chi connectivity index (χ2n) is 6.89. The summed E-state index contributed by atoms with van der Waals surface area (Å²) in [5, 5.41) is 2.46. The quantitative estimate of drug-likeness (QED) is 0.607. The molecule has 1 N–H and O–H groups in total. The van der Waals surface area contributed by atoms with Gasteiger partial charge in [0.1, 0.15) is 0 Å². The molecule has 0 aromatic heterocycles. The molecule has 0 bridgehead atoms. The first kappa shape index (κ1) is 22.4. The molecule has 8 heteroatoms. The topological polar surface area (TPSA) is 84.9 Å². The van der Waals surface area contributed by atoms with Crippen LogP contribution in [0.15, 0.2) is 53.4 Å². The first-order valence-electron chi connectivity index (χ1n) is 9.86. The van der Waals surface area contributed by atoms with Crippen molar-refractivity contribution >= 4 is 40.6 Å². The number of thioether (sulfide) groups is 1. The number of nitrogens with zero attached hydrogens (tertiary/aromatic N) is 1. The van der Waals surface area contributed by atoms with Gasteiger partial charge in [-0.3, -0.25) is 19.3 Å². The number of benzene rings is 2. The van der Waals surface area contributed by atoms with Gasteiger partial charge in [-0.1, -0.05) is 37.3 Å². The van der Waals surface area contributed by atoms with Gasteiger partial charge in [0.25, 0.3) is 17.1 Å². The minimum absolute atomic E-state index is 0.180. The molecule has 7 nitrogen and oxygen atoms in total. The number of hydrogen-bond acceptors (Lipinski definition) is 6. The van der Waals surface area contributed by atoms with Crippen molar-refractivity contribution in [2.45, 2.75) is 26.3 Å². The van der Waals surface area contributed by atoms with E-state index in [2.05, 4.69) is 5.32 Å². The van der Waals surface area contributed by atoms with Crippen molar-refractivity contribution in [3.05, 3.63) is 59.0 Å². The molecule has 1 fully saturated rings. The fourth-order valence-corrected chi connectivity index (χ4v) is 3.92. The van der Waals surface area contributed by atoms with Crippen molar-refractivity contribution in [2.24, 2.45) is 0 Å². The number of methoxy groups -OCH3 is 1. The molecule has 1 aliphatic heterocycles. The number of para-hydroxylation sites is 2. The van der Waals surface area contributed by atoms with E-state index in [9.17, 15) is 14.4 Å². The van der Waals surface area contributed by atoms with Crippen molar-refractivity contribution in [3.8, 4) is 11.5 Å². The Morgan fingerprint density at radius 1 is 1.16 bits per heavy atom. The average molecular weight is 441 g/mol. The van der Waals surface area contributed by atoms with Crippen molar-refractivity contribution in [2.75, 3.05) is 19.0 Å². The second kappa shape index (κ2) is 10.2. The number of amides is 3. The van der Waals surface area contributed by atoms with Crippen LogP contribution in [0.3, 0.4) is 0 Å². The average Bonchev–Trinajstić information content (AvgIpc) is 3.05. The highest BCUT2D eigenvalue weighted by Gasteiger charge is 2.37. The van der Waals surface area contributed by atoms with Crippen molar-refractivity contribution < 1.29 is 23.9 Å². The zero-order valence-electron chi connectivity index (χ0n) is 17.6. The van der Waals surface area contributed by atoms with E-state index >= 15 is 0 Å². The van der Waals surface area contributed by atoms with E-state index < -0.39 is 0 Å². The summed E-state index contributed by atoms with van der Waals surface area (Å²) in [6, 6.07) is 14.1. The monoisotopic (exact) mass is 440 g/mol. The summed E-state index contributed by atoms with van der Waals surface area (Å²) in [5.41, 5.74) is 1.21. The van der Waals surface area contributed by atoms with E-state index in [1.165, 1.54) is 12.0 Å². The fraction of sp³-hybridized carbons (Fsp3) is 0.261. The third kappa shape index (κ3) is 5.27. The molecule has 1 aliphatic rings. The van der Waals surface area contributed by atoms with Crippen LogP contribution >= 0.6 is 11.8 Å². The van der Waals surface area contributed by atoms with E-state index in [4.69, 9.17) is 9.47 Å². The van der Waals surface area contributed by atoms with Crippen LogP contribution in [-0.2, 0) is 9.59 Å². The summed E-state index contributed by atoms with van der Waals surface area (Å²) in [4.78, 5) is 38.9. The zero-order chi connectivity index (χ0) is 22.4. The summed E-state index contributed by atoms with van der Waals surface area (Å²) in [6.45, 7) is 3.52. The Balaban J connectivity index is 1.81. The highest BCUT2D eigenvalue weighted by atomic mass is 32.2. The number of anilines is 1. The molecule has 2 aromatic carbocycles. The van der Waals surface area contributed by atoms with Crippen LogP contribution in [0.5, 0.6) is 11.5 Å². The SMILES string of the molecule is CC[C@@H](C)N1C(=O)S/C(=C/c2cccc(OC)c2OCC(=O)Nc2ccccc2)C1=O. The van der Waals surface area contributed by atoms with Crippen molar-refractivity contribution in [1.82, 2.24) is 4.90 Å². The second-order valence-corrected chi connectivity index (χ2v) is 7.88. The van der Waals surface area contributed by atoms with Crippen LogP contribution in [0.25, 0.3) is 6.08 Å². The number of carbonyl (C=O) groups is 3. The molecule has 162 valence electrons. The minimum Gasteiger partial charge on any atom is -0.493 e. The smallest absolute Gasteiger partial charge is 0.293 e. The van der Waals surface area contributed by atoms with Gasteiger partial charge >= 0.3 is 0 Å². The van der Waals surface area contributed by atoms with Gasteiger partial charge in [-0.2, -0.15) is 0 Å². The molecular weight excluding hydrogens is 416 g/mol. The third-order valence-corrected chi connectivity index (χ3v) is 5.66. The molecule has 0 unspecified atom stereocenters. The van der Waals surface area contributed by atoms with Gasteiger partial charge in [0.2, 0.25) is 0 Å². The summed E-state index contributed by atoms with van der Waals surface area (Å²) in [6.07, 6.45) is 2.27. The highest BCUT2D eigenvalue weighted by molar-refractivity contribution is 8.18. The summed E-state index contributed by atoms with van der Waals surface area (Å²) >= 11 is 0.892. The van der Waals surface area contributed by atoms with Crippen LogP contribution in [0.4, 0.5) is 10.5 Å². The lowest BCUT2D eigenvalue weighted by atomic mass is 10.1. The maximum Gasteiger partial charge on any atom is 0.293 e. The maximum absolute atomic E-state index is 12.7. The predicted octanol–water partition coefficient (Wildman–Crippen LogP) is 4.55. The first-order chi connectivity index (χ1) is 14.9. The Morgan fingerprint density at radius 2 is 1.90 bits per heavy atom. The number of imide groups is 1. The molecule has 0 aliphatic carbocycles. The van der Waals surface area contributed by atoms with Gasteiger partial charge in [-0.25, -0.2) is 0 Å². The molecule has 0 spiro atoms. The van der Waals surface area contributed by atoms with Gasteiger partial charge in [0, 0.05) is 17.3 Å². The number of hydrogen-bond donors (Lipinski definition) is 1. The van der Waals surface area contributed by atoms with Gasteiger partial charge < -0.3 is 14.8 Å². The molecule has 3 amide bonds. The van der Waals surface area contributed by atoms with Gasteiger partial charge in [-0.05, 0) is 49.4 Å². The largest absolute Gasteiger partial charge is 0.493 e. The molecule has 1 heterocycles. The molecule has 3 rings (SSSR count). The van der Waals surface area contributed by atoms with Gasteiger partial charge in [0.05, 0.1) is 12.0 Å². The van der Waals surface area contributed by atoms with Crippen molar-refractivity contribution in [1.29, 1.82) is 0 Å². The Morgan fingerprint density at radius 3 is 2.58 bits per heavy atom. The highest BCUT2D eigenvalue weighted by Crippen LogP contribution is 2.38. The maximum atomic E-state index is 12.7. The summed E-state index contributed by atoms with van der Waals surface area (Å²) in [5.74, 6) is 0.0751. The molecular formula is C23H24N2O5S. The summed E-state index contributed by atoms with van der Waals surface area (Å²) in [7, 11) is 1.49. The van der Waals surface area contributed by atoms with Crippen LogP contribution < -0.4 is 14.8 Å². The molecule has 0 radical (unpaired) electrons. The number of carbonyl (C=O) groups excluding carboxylic acids is 3. The van der Waals surface area contributed by atoms with E-state index in [-0.39, 0.29) is 29.7 Å². The molecule has 2 aromatic rings. The number of nitrogens with one attached hydrogen (secondary N) is 1. The molecule has 0 saturated carbocycles. The molecule has 31 heavy (non-hydrogen) atoms. The lowest BCUT2D eigenvalue weighted by molar-refractivity contribution is -0.124. The Hall–Kier alpha value is -3.26. The van der Waals surface area contributed by atoms with E-state index in [0.29, 0.717) is 34.1 Å². The number of ether oxygens (including phenoxy) is 2. The van der Waals surface area contributed by atoms with E-state index in [0.717, 1.165) is 11.8 Å². The first-order valence-corrected chi connectivity index (χ1v) is 10.7. The minimum atomic E-state index is -0.333. The lowest BCUT2D eigenvalue weighted by Crippen LogP contribution is -2.36. The Bertz CT molecular complexity index is 1010. The van der Waals surface area contributed by atoms with Crippen LogP contribution in [0, 0.1) is 0 Å². The Labute approximate surface area is 185 Å². The zero-order valence-corrected chi connectivity index (χ0v) is 18.4. The fourth-order valence-electron chi connectivity index (χ4n) is 3.00. The summed E-state index contributed by atoms with van der Waals surface area (Å²) < 4.78 is 11.1. The van der Waals surface area contributed by atoms with Crippen LogP contribution in [-0.4, -0.2) is 41.7 Å². The third-order valence-electron chi connectivity index (χ3n) is 4.78.